The molecule has 2 aliphatic rings. The van der Waals surface area contributed by atoms with E-state index >= 15 is 0 Å². The van der Waals surface area contributed by atoms with Crippen molar-refractivity contribution in [2.75, 3.05) is 19.6 Å². The molecule has 21 heavy (non-hydrogen) atoms. The highest BCUT2D eigenvalue weighted by Gasteiger charge is 2.35. The average molecular weight is 288 g/mol. The van der Waals surface area contributed by atoms with Gasteiger partial charge in [-0.25, -0.2) is 0 Å². The summed E-state index contributed by atoms with van der Waals surface area (Å²) in [5, 5.41) is 13.4. The van der Waals surface area contributed by atoms with E-state index in [0.717, 1.165) is 38.0 Å². The van der Waals surface area contributed by atoms with Crippen LogP contribution >= 0.6 is 0 Å². The normalized spacial score (nSPS) is 22.0. The van der Waals surface area contributed by atoms with Crippen LogP contribution in [0.4, 0.5) is 0 Å². The number of aryl methyl sites for hydroxylation is 1. The fourth-order valence-corrected chi connectivity index (χ4v) is 3.12. The number of phenols is 1. The fraction of sp³-hybridized carbons (Fsp3) is 0.588. The summed E-state index contributed by atoms with van der Waals surface area (Å²) >= 11 is 0. The summed E-state index contributed by atoms with van der Waals surface area (Å²) in [6, 6.07) is 5.62. The number of phenolic OH excluding ortho intramolecular Hbond substituents is 1. The van der Waals surface area contributed by atoms with Crippen molar-refractivity contribution in [1.82, 2.24) is 10.2 Å². The Morgan fingerprint density at radius 1 is 1.38 bits per heavy atom. The molecule has 1 aromatic carbocycles. The van der Waals surface area contributed by atoms with E-state index in [1.54, 1.807) is 12.1 Å². The van der Waals surface area contributed by atoms with Crippen molar-refractivity contribution in [3.05, 3.63) is 29.3 Å². The van der Waals surface area contributed by atoms with Crippen molar-refractivity contribution in [2.45, 2.75) is 38.6 Å². The van der Waals surface area contributed by atoms with Crippen LogP contribution in [0, 0.1) is 12.8 Å². The molecule has 4 nitrogen and oxygen atoms in total. The van der Waals surface area contributed by atoms with Crippen LogP contribution in [0.1, 0.15) is 41.6 Å². The number of hydrogen-bond donors (Lipinski definition) is 2. The molecule has 1 atom stereocenters. The van der Waals surface area contributed by atoms with Gasteiger partial charge in [0.2, 0.25) is 0 Å². The highest BCUT2D eigenvalue weighted by molar-refractivity contribution is 5.97. The van der Waals surface area contributed by atoms with Gasteiger partial charge in [-0.2, -0.15) is 0 Å². The van der Waals surface area contributed by atoms with Gasteiger partial charge in [-0.1, -0.05) is 11.6 Å². The Labute approximate surface area is 126 Å². The van der Waals surface area contributed by atoms with Gasteiger partial charge in [0.1, 0.15) is 5.75 Å². The molecule has 3 rings (SSSR count). The predicted octanol–water partition coefficient (Wildman–Crippen LogP) is 2.30. The first kappa shape index (κ1) is 14.4. The molecule has 0 aromatic heterocycles. The van der Waals surface area contributed by atoms with Crippen molar-refractivity contribution in [2.24, 2.45) is 5.92 Å². The molecule has 4 heteroatoms. The zero-order valence-corrected chi connectivity index (χ0v) is 12.6. The van der Waals surface area contributed by atoms with Crippen molar-refractivity contribution < 1.29 is 9.90 Å². The summed E-state index contributed by atoms with van der Waals surface area (Å²) in [6.45, 7) is 4.84. The van der Waals surface area contributed by atoms with Gasteiger partial charge in [-0.15, -0.1) is 0 Å². The maximum Gasteiger partial charge on any atom is 0.257 e. The molecule has 0 radical (unpaired) electrons. The van der Waals surface area contributed by atoms with E-state index in [2.05, 4.69) is 5.32 Å². The number of hydrogen-bond acceptors (Lipinski definition) is 3. The Hall–Kier alpha value is -1.55. The minimum Gasteiger partial charge on any atom is -0.507 e. The van der Waals surface area contributed by atoms with Crippen molar-refractivity contribution in [1.29, 1.82) is 0 Å². The lowest BCUT2D eigenvalue weighted by atomic mass is 9.98. The van der Waals surface area contributed by atoms with Gasteiger partial charge >= 0.3 is 0 Å². The summed E-state index contributed by atoms with van der Waals surface area (Å²) in [5.74, 6) is 0.623. The van der Waals surface area contributed by atoms with Gasteiger partial charge in [-0.05, 0) is 63.7 Å². The van der Waals surface area contributed by atoms with Crippen LogP contribution in [0.15, 0.2) is 18.2 Å². The van der Waals surface area contributed by atoms with Gasteiger partial charge < -0.3 is 15.3 Å². The topological polar surface area (TPSA) is 52.6 Å². The highest BCUT2D eigenvalue weighted by atomic mass is 16.3. The summed E-state index contributed by atoms with van der Waals surface area (Å²) in [7, 11) is 0. The number of benzene rings is 1. The first-order chi connectivity index (χ1) is 10.1. The number of rotatable bonds is 4. The maximum atomic E-state index is 12.8. The van der Waals surface area contributed by atoms with E-state index in [1.165, 1.54) is 12.8 Å². The van der Waals surface area contributed by atoms with Crippen molar-refractivity contribution in [3.8, 4) is 5.75 Å². The van der Waals surface area contributed by atoms with Crippen LogP contribution in [-0.2, 0) is 0 Å². The summed E-state index contributed by atoms with van der Waals surface area (Å²) < 4.78 is 0. The first-order valence-electron chi connectivity index (χ1n) is 7.96. The molecule has 1 saturated carbocycles. The number of carbonyl (C=O) groups is 1. The predicted molar refractivity (Wildman–Crippen MR) is 82.5 cm³/mol. The van der Waals surface area contributed by atoms with Gasteiger partial charge in [-0.3, -0.25) is 4.79 Å². The van der Waals surface area contributed by atoms with Gasteiger partial charge in [0.15, 0.2) is 0 Å². The van der Waals surface area contributed by atoms with Crippen LogP contribution in [0.2, 0.25) is 0 Å². The Bertz CT molecular complexity index is 520. The van der Waals surface area contributed by atoms with E-state index in [4.69, 9.17) is 0 Å². The number of carbonyl (C=O) groups excluding carboxylic acids is 1. The van der Waals surface area contributed by atoms with E-state index in [0.29, 0.717) is 17.5 Å². The smallest absolute Gasteiger partial charge is 0.257 e. The number of piperidine rings is 1. The third-order valence-corrected chi connectivity index (χ3v) is 4.48. The highest BCUT2D eigenvalue weighted by Crippen LogP contribution is 2.31. The molecule has 2 fully saturated rings. The van der Waals surface area contributed by atoms with Crippen LogP contribution in [0.5, 0.6) is 5.75 Å². The molecule has 1 amide bonds. The van der Waals surface area contributed by atoms with Gasteiger partial charge in [0.25, 0.3) is 5.91 Å². The van der Waals surface area contributed by atoms with E-state index in [-0.39, 0.29) is 11.7 Å². The van der Waals surface area contributed by atoms with Crippen LogP contribution in [-0.4, -0.2) is 41.6 Å². The molecule has 1 saturated heterocycles. The molecule has 1 heterocycles. The van der Waals surface area contributed by atoms with E-state index in [9.17, 15) is 9.90 Å². The average Bonchev–Trinajstić information content (AvgIpc) is 3.32. The lowest BCUT2D eigenvalue weighted by Gasteiger charge is -2.30. The fourth-order valence-electron chi connectivity index (χ4n) is 3.12. The summed E-state index contributed by atoms with van der Waals surface area (Å²) in [5.41, 5.74) is 1.46. The molecule has 1 aromatic rings. The molecular weight excluding hydrogens is 264 g/mol. The van der Waals surface area contributed by atoms with Gasteiger partial charge in [0, 0.05) is 12.6 Å². The molecule has 1 aliphatic carbocycles. The standard InChI is InChI=1S/C17H24N2O2/c1-12-4-7-16(20)15(9-12)17(21)19(14-5-6-14)11-13-3-2-8-18-10-13/h4,7,9,13-14,18,20H,2-3,5-6,8,10-11H2,1H3. The quantitative estimate of drug-likeness (QED) is 0.894. The van der Waals surface area contributed by atoms with Crippen LogP contribution in [0.3, 0.4) is 0 Å². The molecule has 2 N–H and O–H groups in total. The Balaban J connectivity index is 1.76. The van der Waals surface area contributed by atoms with Crippen LogP contribution < -0.4 is 5.32 Å². The minimum atomic E-state index is -0.00993. The number of nitrogens with zero attached hydrogens (tertiary/aromatic N) is 1. The molecule has 1 unspecified atom stereocenters. The maximum absolute atomic E-state index is 12.8. The summed E-state index contributed by atoms with van der Waals surface area (Å²) in [4.78, 5) is 14.8. The Morgan fingerprint density at radius 3 is 2.86 bits per heavy atom. The number of aromatic hydroxyl groups is 1. The lowest BCUT2D eigenvalue weighted by Crippen LogP contribution is -2.42. The second-order valence-electron chi connectivity index (χ2n) is 6.42. The third kappa shape index (κ3) is 3.38. The van der Waals surface area contributed by atoms with Crippen molar-refractivity contribution in [3.63, 3.8) is 0 Å². The molecule has 0 bridgehead atoms. The molecular formula is C17H24N2O2. The largest absolute Gasteiger partial charge is 0.507 e. The monoisotopic (exact) mass is 288 g/mol. The van der Waals surface area contributed by atoms with Gasteiger partial charge in [0.05, 0.1) is 5.56 Å². The summed E-state index contributed by atoms with van der Waals surface area (Å²) in [6.07, 6.45) is 4.56. The van der Waals surface area contributed by atoms with E-state index < -0.39 is 0 Å². The number of nitrogens with one attached hydrogen (secondary N) is 1. The zero-order valence-electron chi connectivity index (χ0n) is 12.6. The first-order valence-corrected chi connectivity index (χ1v) is 7.96. The second-order valence-corrected chi connectivity index (χ2v) is 6.42. The SMILES string of the molecule is Cc1ccc(O)c(C(=O)N(CC2CCCNC2)C2CC2)c1. The third-order valence-electron chi connectivity index (χ3n) is 4.48. The Morgan fingerprint density at radius 2 is 2.19 bits per heavy atom. The second kappa shape index (κ2) is 6.06. The molecule has 114 valence electrons. The zero-order chi connectivity index (χ0) is 14.8. The van der Waals surface area contributed by atoms with Crippen molar-refractivity contribution >= 4 is 5.91 Å². The minimum absolute atomic E-state index is 0.00993. The lowest BCUT2D eigenvalue weighted by molar-refractivity contribution is 0.0701. The van der Waals surface area contributed by atoms with E-state index in [1.807, 2.05) is 17.9 Å². The molecule has 0 spiro atoms. The number of amides is 1. The van der Waals surface area contributed by atoms with Crippen LogP contribution in [0.25, 0.3) is 0 Å². The molecule has 1 aliphatic heterocycles. The Kier molecular flexibility index (Phi) is 4.15.